The van der Waals surface area contributed by atoms with Crippen molar-refractivity contribution in [3.8, 4) is 17.2 Å². The van der Waals surface area contributed by atoms with Gasteiger partial charge in [0.2, 0.25) is 5.91 Å². The van der Waals surface area contributed by atoms with E-state index >= 15 is 0 Å². The number of carbonyl (C=O) groups excluding carboxylic acids is 1. The van der Waals surface area contributed by atoms with E-state index in [2.05, 4.69) is 5.32 Å². The van der Waals surface area contributed by atoms with E-state index in [1.54, 1.807) is 44.6 Å². The topological polar surface area (TPSA) is 67.8 Å². The van der Waals surface area contributed by atoms with Crippen LogP contribution in [0.4, 0.5) is 0 Å². The van der Waals surface area contributed by atoms with Crippen LogP contribution in [0.1, 0.15) is 11.1 Å². The summed E-state index contributed by atoms with van der Waals surface area (Å²) in [4.78, 5) is 11.8. The van der Waals surface area contributed by atoms with Crippen molar-refractivity contribution in [1.29, 1.82) is 0 Å². The largest absolute Gasteiger partial charge is 0.508 e. The quantitative estimate of drug-likeness (QED) is 0.767. The maximum Gasteiger partial charge on any atom is 0.244 e. The number of ether oxygens (including phenoxy) is 2. The molecule has 5 nitrogen and oxygen atoms in total. The van der Waals surface area contributed by atoms with E-state index in [-0.39, 0.29) is 11.7 Å². The number of phenols is 1. The molecule has 1 amide bonds. The van der Waals surface area contributed by atoms with Crippen LogP contribution >= 0.6 is 0 Å². The molecule has 0 bridgehead atoms. The molecule has 2 N–H and O–H groups in total. The molecule has 0 heterocycles. The number of benzene rings is 2. The van der Waals surface area contributed by atoms with Gasteiger partial charge in [-0.1, -0.05) is 18.2 Å². The fourth-order valence-corrected chi connectivity index (χ4v) is 2.18. The fourth-order valence-electron chi connectivity index (χ4n) is 2.18. The highest BCUT2D eigenvalue weighted by molar-refractivity contribution is 5.91. The number of hydrogen-bond donors (Lipinski definition) is 2. The molecule has 126 valence electrons. The molecular formula is C19H21NO4. The molecule has 0 spiro atoms. The summed E-state index contributed by atoms with van der Waals surface area (Å²) in [6.07, 6.45) is 3.91. The molecule has 2 aromatic rings. The number of aromatic hydroxyl groups is 1. The van der Waals surface area contributed by atoms with Crippen LogP contribution in [0.15, 0.2) is 48.5 Å². The summed E-state index contributed by atoms with van der Waals surface area (Å²) in [5.74, 6) is 1.34. The monoisotopic (exact) mass is 327 g/mol. The summed E-state index contributed by atoms with van der Waals surface area (Å²) in [5, 5.41) is 12.0. The van der Waals surface area contributed by atoms with Crippen molar-refractivity contribution in [3.63, 3.8) is 0 Å². The molecule has 0 aromatic heterocycles. The maximum absolute atomic E-state index is 11.8. The van der Waals surface area contributed by atoms with Crippen LogP contribution in [0.3, 0.4) is 0 Å². The van der Waals surface area contributed by atoms with E-state index in [9.17, 15) is 9.90 Å². The van der Waals surface area contributed by atoms with Crippen LogP contribution in [-0.2, 0) is 11.2 Å². The number of rotatable bonds is 7. The summed E-state index contributed by atoms with van der Waals surface area (Å²) < 4.78 is 10.4. The smallest absolute Gasteiger partial charge is 0.244 e. The van der Waals surface area contributed by atoms with Gasteiger partial charge in [0.1, 0.15) is 5.75 Å². The minimum absolute atomic E-state index is 0.163. The van der Waals surface area contributed by atoms with E-state index < -0.39 is 0 Å². The summed E-state index contributed by atoms with van der Waals surface area (Å²) >= 11 is 0. The van der Waals surface area contributed by atoms with E-state index in [0.29, 0.717) is 24.5 Å². The molecule has 0 unspecified atom stereocenters. The third kappa shape index (κ3) is 5.05. The van der Waals surface area contributed by atoms with Crippen LogP contribution in [0, 0.1) is 0 Å². The van der Waals surface area contributed by atoms with E-state index in [1.807, 2.05) is 18.2 Å². The van der Waals surface area contributed by atoms with Crippen molar-refractivity contribution >= 4 is 12.0 Å². The number of carbonyl (C=O) groups is 1. The lowest BCUT2D eigenvalue weighted by molar-refractivity contribution is -0.116. The van der Waals surface area contributed by atoms with Gasteiger partial charge in [0, 0.05) is 12.6 Å². The summed E-state index contributed by atoms with van der Waals surface area (Å²) in [5.41, 5.74) is 1.90. The Labute approximate surface area is 141 Å². The van der Waals surface area contributed by atoms with Crippen molar-refractivity contribution in [3.05, 3.63) is 59.7 Å². The molecule has 5 heteroatoms. The van der Waals surface area contributed by atoms with Crippen molar-refractivity contribution in [2.45, 2.75) is 6.42 Å². The number of methoxy groups -OCH3 is 2. The third-order valence-corrected chi connectivity index (χ3v) is 3.48. The SMILES string of the molecule is COc1ccc(/C=C\C(=O)NCCc2ccc(O)cc2)cc1OC. The summed E-state index contributed by atoms with van der Waals surface area (Å²) in [6, 6.07) is 12.4. The minimum atomic E-state index is -0.163. The van der Waals surface area contributed by atoms with Crippen molar-refractivity contribution in [2.75, 3.05) is 20.8 Å². The Kier molecular flexibility index (Phi) is 6.25. The number of phenolic OH excluding ortho intramolecular Hbond substituents is 1. The minimum Gasteiger partial charge on any atom is -0.508 e. The Hall–Kier alpha value is -2.95. The molecule has 0 aliphatic heterocycles. The molecule has 0 aliphatic rings. The zero-order chi connectivity index (χ0) is 17.4. The average molecular weight is 327 g/mol. The van der Waals surface area contributed by atoms with E-state index in [0.717, 1.165) is 11.1 Å². The number of hydrogen-bond acceptors (Lipinski definition) is 4. The Morgan fingerprint density at radius 3 is 2.46 bits per heavy atom. The summed E-state index contributed by atoms with van der Waals surface area (Å²) in [7, 11) is 3.15. The average Bonchev–Trinajstić information content (AvgIpc) is 2.61. The molecule has 0 radical (unpaired) electrons. The van der Waals surface area contributed by atoms with Crippen LogP contribution in [0.25, 0.3) is 6.08 Å². The van der Waals surface area contributed by atoms with Crippen molar-refractivity contribution < 1.29 is 19.4 Å². The Morgan fingerprint density at radius 2 is 1.79 bits per heavy atom. The zero-order valence-electron chi connectivity index (χ0n) is 13.8. The van der Waals surface area contributed by atoms with Gasteiger partial charge in [-0.3, -0.25) is 4.79 Å². The Balaban J connectivity index is 1.85. The van der Waals surface area contributed by atoms with Gasteiger partial charge in [0.25, 0.3) is 0 Å². The standard InChI is InChI=1S/C19H21NO4/c1-23-17-9-5-15(13-18(17)24-2)6-10-19(22)20-12-11-14-3-7-16(21)8-4-14/h3-10,13,21H,11-12H2,1-2H3,(H,20,22)/b10-6-. The van der Waals surface area contributed by atoms with Crippen LogP contribution in [-0.4, -0.2) is 31.8 Å². The lowest BCUT2D eigenvalue weighted by atomic mass is 10.1. The first-order chi connectivity index (χ1) is 11.6. The molecular weight excluding hydrogens is 306 g/mol. The van der Waals surface area contributed by atoms with Gasteiger partial charge in [-0.15, -0.1) is 0 Å². The van der Waals surface area contributed by atoms with Crippen LogP contribution in [0.2, 0.25) is 0 Å². The molecule has 0 fully saturated rings. The predicted molar refractivity (Wildman–Crippen MR) is 93.4 cm³/mol. The van der Waals surface area contributed by atoms with Gasteiger partial charge in [0.05, 0.1) is 14.2 Å². The molecule has 0 saturated heterocycles. The van der Waals surface area contributed by atoms with Gasteiger partial charge in [-0.05, 0) is 47.9 Å². The van der Waals surface area contributed by atoms with Gasteiger partial charge in [-0.2, -0.15) is 0 Å². The first-order valence-corrected chi connectivity index (χ1v) is 7.58. The van der Waals surface area contributed by atoms with Crippen LogP contribution < -0.4 is 14.8 Å². The molecule has 0 saturated carbocycles. The Morgan fingerprint density at radius 1 is 1.08 bits per heavy atom. The first-order valence-electron chi connectivity index (χ1n) is 7.58. The highest BCUT2D eigenvalue weighted by Gasteiger charge is 2.03. The second-order valence-electron chi connectivity index (χ2n) is 5.16. The second kappa shape index (κ2) is 8.62. The molecule has 0 atom stereocenters. The lowest BCUT2D eigenvalue weighted by Crippen LogP contribution is -2.23. The number of nitrogens with one attached hydrogen (secondary N) is 1. The van der Waals surface area contributed by atoms with Crippen LogP contribution in [0.5, 0.6) is 17.2 Å². The zero-order valence-corrected chi connectivity index (χ0v) is 13.8. The molecule has 2 rings (SSSR count). The predicted octanol–water partition coefficient (Wildman–Crippen LogP) is 2.78. The highest BCUT2D eigenvalue weighted by Crippen LogP contribution is 2.27. The third-order valence-electron chi connectivity index (χ3n) is 3.48. The van der Waals surface area contributed by atoms with Gasteiger partial charge in [0.15, 0.2) is 11.5 Å². The van der Waals surface area contributed by atoms with E-state index in [1.165, 1.54) is 6.08 Å². The lowest BCUT2D eigenvalue weighted by Gasteiger charge is -2.07. The van der Waals surface area contributed by atoms with Gasteiger partial charge >= 0.3 is 0 Å². The number of amides is 1. The molecule has 24 heavy (non-hydrogen) atoms. The molecule has 2 aromatic carbocycles. The highest BCUT2D eigenvalue weighted by atomic mass is 16.5. The normalized spacial score (nSPS) is 10.6. The summed E-state index contributed by atoms with van der Waals surface area (Å²) in [6.45, 7) is 0.528. The Bertz CT molecular complexity index is 708. The fraction of sp³-hybridized carbons (Fsp3) is 0.211. The molecule has 0 aliphatic carbocycles. The maximum atomic E-state index is 11.8. The van der Waals surface area contributed by atoms with E-state index in [4.69, 9.17) is 9.47 Å². The first kappa shape index (κ1) is 17.4. The van der Waals surface area contributed by atoms with Crippen molar-refractivity contribution in [1.82, 2.24) is 5.32 Å². The van der Waals surface area contributed by atoms with Gasteiger partial charge < -0.3 is 19.9 Å². The van der Waals surface area contributed by atoms with Crippen molar-refractivity contribution in [2.24, 2.45) is 0 Å². The second-order valence-corrected chi connectivity index (χ2v) is 5.16. The van der Waals surface area contributed by atoms with Gasteiger partial charge in [-0.25, -0.2) is 0 Å².